The van der Waals surface area contributed by atoms with Crippen LogP contribution in [0.3, 0.4) is 0 Å². The highest BCUT2D eigenvalue weighted by molar-refractivity contribution is 5.95. The van der Waals surface area contributed by atoms with E-state index in [1.165, 1.54) is 11.6 Å². The lowest BCUT2D eigenvalue weighted by atomic mass is 10.1. The first kappa shape index (κ1) is 25.5. The Morgan fingerprint density at radius 3 is 2.47 bits per heavy atom. The highest BCUT2D eigenvalue weighted by Crippen LogP contribution is 2.35. The van der Waals surface area contributed by atoms with E-state index in [-0.39, 0.29) is 12.1 Å². The highest BCUT2D eigenvalue weighted by Gasteiger charge is 2.32. The van der Waals surface area contributed by atoms with Crippen LogP contribution in [0.4, 0.5) is 29.5 Å². The highest BCUT2D eigenvalue weighted by atomic mass is 19.4. The fourth-order valence-electron chi connectivity index (χ4n) is 4.64. The van der Waals surface area contributed by atoms with Gasteiger partial charge in [0, 0.05) is 18.2 Å². The molecule has 0 atom stereocenters. The minimum atomic E-state index is -4.46. The Hall–Kier alpha value is -3.55. The molecule has 8 heteroatoms. The SMILES string of the molecule is Nc1ccc(-c2cccc(C(F)(F)F)c2)nc1N(C(=O)NCCCCc1ccccc1)C1CCCC1. The van der Waals surface area contributed by atoms with Crippen molar-refractivity contribution < 1.29 is 18.0 Å². The summed E-state index contributed by atoms with van der Waals surface area (Å²) in [6.07, 6.45) is 1.91. The molecule has 1 aliphatic carbocycles. The normalized spacial score (nSPS) is 14.1. The second kappa shape index (κ2) is 11.5. The maximum absolute atomic E-state index is 13.3. The van der Waals surface area contributed by atoms with Gasteiger partial charge in [-0.2, -0.15) is 13.2 Å². The molecule has 1 fully saturated rings. The van der Waals surface area contributed by atoms with Gasteiger partial charge < -0.3 is 11.1 Å². The monoisotopic (exact) mass is 496 g/mol. The molecule has 1 heterocycles. The van der Waals surface area contributed by atoms with Gasteiger partial charge in [0.1, 0.15) is 0 Å². The van der Waals surface area contributed by atoms with Crippen LogP contribution < -0.4 is 16.0 Å². The van der Waals surface area contributed by atoms with Crippen molar-refractivity contribution in [3.8, 4) is 11.3 Å². The van der Waals surface area contributed by atoms with Gasteiger partial charge in [-0.1, -0.05) is 55.3 Å². The van der Waals surface area contributed by atoms with E-state index in [4.69, 9.17) is 5.73 Å². The Balaban J connectivity index is 1.50. The first-order valence-electron chi connectivity index (χ1n) is 12.4. The summed E-state index contributed by atoms with van der Waals surface area (Å²) in [5.41, 5.74) is 7.74. The lowest BCUT2D eigenvalue weighted by molar-refractivity contribution is -0.137. The standard InChI is InChI=1S/C28H31F3N4O/c29-28(30,31)22-13-8-12-21(19-22)25-17-16-24(32)26(34-25)35(23-14-4-5-15-23)27(36)33-18-7-6-11-20-9-2-1-3-10-20/h1-3,8-10,12-13,16-17,19,23H,4-7,11,14-15,18,32H2,(H,33,36). The van der Waals surface area contributed by atoms with Crippen molar-refractivity contribution in [2.45, 2.75) is 57.2 Å². The maximum Gasteiger partial charge on any atom is 0.416 e. The third kappa shape index (κ3) is 6.36. The van der Waals surface area contributed by atoms with Crippen molar-refractivity contribution in [1.82, 2.24) is 10.3 Å². The lowest BCUT2D eigenvalue weighted by Gasteiger charge is -2.29. The number of halogens is 3. The van der Waals surface area contributed by atoms with Gasteiger partial charge in [-0.3, -0.25) is 4.90 Å². The van der Waals surface area contributed by atoms with Gasteiger partial charge >= 0.3 is 12.2 Å². The number of aryl methyl sites for hydroxylation is 1. The number of carbonyl (C=O) groups is 1. The van der Waals surface area contributed by atoms with E-state index in [1.807, 2.05) is 18.2 Å². The number of unbranched alkanes of at least 4 members (excludes halogenated alkanes) is 1. The number of hydrogen-bond donors (Lipinski definition) is 2. The topological polar surface area (TPSA) is 71.2 Å². The van der Waals surface area contributed by atoms with Crippen molar-refractivity contribution in [2.24, 2.45) is 0 Å². The Bertz CT molecular complexity index is 1160. The molecule has 4 rings (SSSR count). The van der Waals surface area contributed by atoms with Crippen LogP contribution in [0.1, 0.15) is 49.7 Å². The van der Waals surface area contributed by atoms with Crippen LogP contribution >= 0.6 is 0 Å². The number of nitrogens with zero attached hydrogens (tertiary/aromatic N) is 2. The molecular formula is C28H31F3N4O. The number of amides is 2. The predicted octanol–water partition coefficient (Wildman–Crippen LogP) is 6.83. The van der Waals surface area contributed by atoms with Crippen molar-refractivity contribution in [3.05, 3.63) is 77.9 Å². The second-order valence-electron chi connectivity index (χ2n) is 9.17. The van der Waals surface area contributed by atoms with Gasteiger partial charge in [0.25, 0.3) is 0 Å². The fraction of sp³-hybridized carbons (Fsp3) is 0.357. The Morgan fingerprint density at radius 1 is 1.00 bits per heavy atom. The molecule has 0 radical (unpaired) electrons. The van der Waals surface area contributed by atoms with Crippen molar-refractivity contribution in [3.63, 3.8) is 0 Å². The summed E-state index contributed by atoms with van der Waals surface area (Å²) in [4.78, 5) is 19.5. The Labute approximate surface area is 209 Å². The summed E-state index contributed by atoms with van der Waals surface area (Å²) in [5, 5.41) is 3.00. The number of alkyl halides is 3. The number of aromatic nitrogens is 1. The average molecular weight is 497 g/mol. The van der Waals surface area contributed by atoms with Crippen LogP contribution in [-0.4, -0.2) is 23.6 Å². The minimum Gasteiger partial charge on any atom is -0.396 e. The molecule has 190 valence electrons. The number of benzene rings is 2. The average Bonchev–Trinajstić information content (AvgIpc) is 3.40. The number of carbonyl (C=O) groups excluding carboxylic acids is 1. The third-order valence-electron chi connectivity index (χ3n) is 6.54. The van der Waals surface area contributed by atoms with E-state index in [0.29, 0.717) is 29.3 Å². The molecule has 3 aromatic rings. The molecular weight excluding hydrogens is 465 g/mol. The molecule has 36 heavy (non-hydrogen) atoms. The summed E-state index contributed by atoms with van der Waals surface area (Å²) in [7, 11) is 0. The molecule has 2 amide bonds. The maximum atomic E-state index is 13.3. The number of hydrogen-bond acceptors (Lipinski definition) is 3. The van der Waals surface area contributed by atoms with E-state index in [0.717, 1.165) is 57.1 Å². The Morgan fingerprint density at radius 2 is 1.75 bits per heavy atom. The lowest BCUT2D eigenvalue weighted by Crippen LogP contribution is -2.46. The van der Waals surface area contributed by atoms with Gasteiger partial charge in [-0.25, -0.2) is 9.78 Å². The molecule has 3 N–H and O–H groups in total. The van der Waals surface area contributed by atoms with E-state index < -0.39 is 11.7 Å². The van der Waals surface area contributed by atoms with E-state index in [9.17, 15) is 18.0 Å². The molecule has 0 saturated heterocycles. The molecule has 0 aliphatic heterocycles. The molecule has 0 unspecified atom stereocenters. The molecule has 1 aliphatic rings. The molecule has 1 aromatic heterocycles. The fourth-order valence-corrected chi connectivity index (χ4v) is 4.64. The van der Waals surface area contributed by atoms with Crippen LogP contribution in [0.15, 0.2) is 66.7 Å². The predicted molar refractivity (Wildman–Crippen MR) is 137 cm³/mol. The van der Waals surface area contributed by atoms with Crippen molar-refractivity contribution in [2.75, 3.05) is 17.2 Å². The van der Waals surface area contributed by atoms with E-state index in [1.54, 1.807) is 23.1 Å². The van der Waals surface area contributed by atoms with E-state index >= 15 is 0 Å². The minimum absolute atomic E-state index is 0.0547. The van der Waals surface area contributed by atoms with Gasteiger partial charge in [-0.05, 0) is 61.9 Å². The zero-order valence-electron chi connectivity index (χ0n) is 20.1. The van der Waals surface area contributed by atoms with Crippen LogP contribution in [0, 0.1) is 0 Å². The van der Waals surface area contributed by atoms with Gasteiger partial charge in [0.15, 0.2) is 5.82 Å². The van der Waals surface area contributed by atoms with Crippen molar-refractivity contribution in [1.29, 1.82) is 0 Å². The van der Waals surface area contributed by atoms with Gasteiger partial charge in [0.2, 0.25) is 0 Å². The number of rotatable bonds is 8. The second-order valence-corrected chi connectivity index (χ2v) is 9.17. The molecule has 0 bridgehead atoms. The zero-order chi connectivity index (χ0) is 25.5. The molecule has 5 nitrogen and oxygen atoms in total. The van der Waals surface area contributed by atoms with Crippen LogP contribution in [-0.2, 0) is 12.6 Å². The van der Waals surface area contributed by atoms with E-state index in [2.05, 4.69) is 22.4 Å². The molecule has 1 saturated carbocycles. The van der Waals surface area contributed by atoms with Crippen LogP contribution in [0.2, 0.25) is 0 Å². The number of nitrogen functional groups attached to an aromatic ring is 1. The largest absolute Gasteiger partial charge is 0.416 e. The molecule has 2 aromatic carbocycles. The summed E-state index contributed by atoms with van der Waals surface area (Å²) < 4.78 is 39.7. The summed E-state index contributed by atoms with van der Waals surface area (Å²) in [5.74, 6) is 0.290. The smallest absolute Gasteiger partial charge is 0.396 e. The first-order valence-corrected chi connectivity index (χ1v) is 12.4. The number of pyridine rings is 1. The number of anilines is 2. The summed E-state index contributed by atoms with van der Waals surface area (Å²) in [6, 6.07) is 18.1. The number of urea groups is 1. The van der Waals surface area contributed by atoms with Crippen molar-refractivity contribution >= 4 is 17.5 Å². The number of nitrogens with two attached hydrogens (primary N) is 1. The first-order chi connectivity index (χ1) is 17.3. The quantitative estimate of drug-likeness (QED) is 0.336. The van der Waals surface area contributed by atoms with Crippen LogP contribution in [0.25, 0.3) is 11.3 Å². The third-order valence-corrected chi connectivity index (χ3v) is 6.54. The Kier molecular flexibility index (Phi) is 8.13. The van der Waals surface area contributed by atoms with Gasteiger partial charge in [0.05, 0.1) is 16.9 Å². The van der Waals surface area contributed by atoms with Gasteiger partial charge in [-0.15, -0.1) is 0 Å². The summed E-state index contributed by atoms with van der Waals surface area (Å²) in [6.45, 7) is 0.516. The zero-order valence-corrected chi connectivity index (χ0v) is 20.1. The van der Waals surface area contributed by atoms with Crippen LogP contribution in [0.5, 0.6) is 0 Å². The number of nitrogens with one attached hydrogen (secondary N) is 1. The molecule has 0 spiro atoms. The summed E-state index contributed by atoms with van der Waals surface area (Å²) >= 11 is 0.